The van der Waals surface area contributed by atoms with Crippen LogP contribution in [0.15, 0.2) is 12.2 Å². The third-order valence-corrected chi connectivity index (χ3v) is 1.29. The second-order valence-corrected chi connectivity index (χ2v) is 2.29. The highest BCUT2D eigenvalue weighted by molar-refractivity contribution is 4.76. The summed E-state index contributed by atoms with van der Waals surface area (Å²) in [6, 6.07) is 0. The zero-order chi connectivity index (χ0) is 7.82. The molecule has 0 aromatic carbocycles. The molecule has 0 saturated carbocycles. The van der Waals surface area contributed by atoms with Crippen LogP contribution in [0.25, 0.3) is 0 Å². The Morgan fingerprint density at radius 1 is 1.60 bits per heavy atom. The summed E-state index contributed by atoms with van der Waals surface area (Å²) in [5.41, 5.74) is 5.34. The van der Waals surface area contributed by atoms with E-state index in [9.17, 15) is 0 Å². The first-order valence-electron chi connectivity index (χ1n) is 3.74. The van der Waals surface area contributed by atoms with E-state index >= 15 is 0 Å². The van der Waals surface area contributed by atoms with Crippen molar-refractivity contribution in [2.75, 3.05) is 13.2 Å². The predicted molar refractivity (Wildman–Crippen MR) is 43.9 cm³/mol. The van der Waals surface area contributed by atoms with E-state index < -0.39 is 0 Å². The molecule has 2 heteroatoms. The molecule has 0 heterocycles. The predicted octanol–water partition coefficient (Wildman–Crippen LogP) is 1.32. The molecule has 0 spiro atoms. The van der Waals surface area contributed by atoms with Crippen LogP contribution in [0.4, 0.5) is 0 Å². The Labute approximate surface area is 63.1 Å². The lowest BCUT2D eigenvalue weighted by Crippen LogP contribution is -2.13. The average Bonchev–Trinajstić information content (AvgIpc) is 1.89. The van der Waals surface area contributed by atoms with Gasteiger partial charge in [-0.3, -0.25) is 0 Å². The fraction of sp³-hybridized carbons (Fsp3) is 0.750. The molecule has 60 valence electrons. The quantitative estimate of drug-likeness (QED) is 0.589. The molecule has 0 radical (unpaired) electrons. The Morgan fingerprint density at radius 3 is 2.80 bits per heavy atom. The molecule has 0 aliphatic heterocycles. The molecule has 1 unspecified atom stereocenters. The van der Waals surface area contributed by atoms with Crippen molar-refractivity contribution in [1.29, 1.82) is 0 Å². The first-order valence-corrected chi connectivity index (χ1v) is 3.74. The molecule has 0 amide bonds. The van der Waals surface area contributed by atoms with Crippen molar-refractivity contribution in [3.63, 3.8) is 0 Å². The molecule has 2 N–H and O–H groups in total. The van der Waals surface area contributed by atoms with E-state index in [1.165, 1.54) is 0 Å². The minimum Gasteiger partial charge on any atom is -0.374 e. The minimum absolute atomic E-state index is 0.293. The van der Waals surface area contributed by atoms with Gasteiger partial charge in [0.2, 0.25) is 0 Å². The van der Waals surface area contributed by atoms with Crippen LogP contribution >= 0.6 is 0 Å². The standard InChI is InChI=1S/C8H17NO/c1-3-4-7-10-8(2)5-6-9/h3-4,8H,5-7,9H2,1-2H3. The van der Waals surface area contributed by atoms with Gasteiger partial charge >= 0.3 is 0 Å². The maximum absolute atomic E-state index is 5.36. The summed E-state index contributed by atoms with van der Waals surface area (Å²) in [5, 5.41) is 0. The van der Waals surface area contributed by atoms with Gasteiger partial charge < -0.3 is 10.5 Å². The van der Waals surface area contributed by atoms with Gasteiger partial charge in [-0.05, 0) is 26.8 Å². The van der Waals surface area contributed by atoms with Gasteiger partial charge in [0.05, 0.1) is 12.7 Å². The van der Waals surface area contributed by atoms with Gasteiger partial charge in [-0.1, -0.05) is 12.2 Å². The summed E-state index contributed by atoms with van der Waals surface area (Å²) in [6.45, 7) is 5.43. The number of ether oxygens (including phenoxy) is 1. The molecule has 0 fully saturated rings. The maximum Gasteiger partial charge on any atom is 0.0650 e. The Hall–Kier alpha value is -0.340. The van der Waals surface area contributed by atoms with Crippen LogP contribution in [0.2, 0.25) is 0 Å². The molecule has 0 aliphatic rings. The normalized spacial score (nSPS) is 14.3. The first-order chi connectivity index (χ1) is 4.81. The van der Waals surface area contributed by atoms with Crippen LogP contribution < -0.4 is 5.73 Å². The molecular weight excluding hydrogens is 126 g/mol. The second kappa shape index (κ2) is 6.78. The van der Waals surface area contributed by atoms with E-state index in [1.807, 2.05) is 26.0 Å². The highest BCUT2D eigenvalue weighted by Gasteiger charge is 1.96. The summed E-state index contributed by atoms with van der Waals surface area (Å²) in [4.78, 5) is 0. The Kier molecular flexibility index (Phi) is 6.55. The molecule has 0 aromatic rings. The summed E-state index contributed by atoms with van der Waals surface area (Å²) in [5.74, 6) is 0. The molecule has 2 nitrogen and oxygen atoms in total. The summed E-state index contributed by atoms with van der Waals surface area (Å²) < 4.78 is 5.36. The van der Waals surface area contributed by atoms with Crippen molar-refractivity contribution in [2.24, 2.45) is 5.73 Å². The van der Waals surface area contributed by atoms with Crippen LogP contribution in [0.1, 0.15) is 20.3 Å². The monoisotopic (exact) mass is 143 g/mol. The van der Waals surface area contributed by atoms with Crippen molar-refractivity contribution < 1.29 is 4.74 Å². The lowest BCUT2D eigenvalue weighted by Gasteiger charge is -2.08. The van der Waals surface area contributed by atoms with Crippen molar-refractivity contribution in [1.82, 2.24) is 0 Å². The van der Waals surface area contributed by atoms with Gasteiger partial charge in [-0.15, -0.1) is 0 Å². The molecule has 1 atom stereocenters. The SMILES string of the molecule is CC=CCOC(C)CCN. The number of hydrogen-bond donors (Lipinski definition) is 1. The number of nitrogens with two attached hydrogens (primary N) is 1. The lowest BCUT2D eigenvalue weighted by atomic mass is 10.3. The van der Waals surface area contributed by atoms with E-state index in [0.717, 1.165) is 6.42 Å². The molecular formula is C8H17NO. The van der Waals surface area contributed by atoms with Crippen LogP contribution in [-0.2, 0) is 4.74 Å². The molecule has 10 heavy (non-hydrogen) atoms. The molecule has 0 aromatic heterocycles. The van der Waals surface area contributed by atoms with Crippen molar-refractivity contribution in [2.45, 2.75) is 26.4 Å². The minimum atomic E-state index is 0.293. The van der Waals surface area contributed by atoms with Gasteiger partial charge in [-0.25, -0.2) is 0 Å². The van der Waals surface area contributed by atoms with Gasteiger partial charge in [-0.2, -0.15) is 0 Å². The summed E-state index contributed by atoms with van der Waals surface area (Å²) in [6.07, 6.45) is 5.21. The van der Waals surface area contributed by atoms with Gasteiger partial charge in [0.25, 0.3) is 0 Å². The van der Waals surface area contributed by atoms with E-state index in [-0.39, 0.29) is 0 Å². The fourth-order valence-corrected chi connectivity index (χ4v) is 0.634. The smallest absolute Gasteiger partial charge is 0.0650 e. The van der Waals surface area contributed by atoms with Crippen LogP contribution in [0.3, 0.4) is 0 Å². The molecule has 0 bridgehead atoms. The van der Waals surface area contributed by atoms with Gasteiger partial charge in [0.1, 0.15) is 0 Å². The van der Waals surface area contributed by atoms with E-state index in [4.69, 9.17) is 10.5 Å². The third kappa shape index (κ3) is 5.79. The third-order valence-electron chi connectivity index (χ3n) is 1.29. The Bertz CT molecular complexity index is 91.3. The molecule has 0 saturated heterocycles. The van der Waals surface area contributed by atoms with Crippen LogP contribution in [0, 0.1) is 0 Å². The van der Waals surface area contributed by atoms with Crippen LogP contribution in [-0.4, -0.2) is 19.3 Å². The van der Waals surface area contributed by atoms with Crippen molar-refractivity contribution in [3.8, 4) is 0 Å². The molecule has 0 rings (SSSR count). The summed E-state index contributed by atoms with van der Waals surface area (Å²) >= 11 is 0. The first kappa shape index (κ1) is 9.66. The Balaban J connectivity index is 3.12. The zero-order valence-electron chi connectivity index (χ0n) is 6.84. The lowest BCUT2D eigenvalue weighted by molar-refractivity contribution is 0.0837. The Morgan fingerprint density at radius 2 is 2.30 bits per heavy atom. The van der Waals surface area contributed by atoms with E-state index in [1.54, 1.807) is 0 Å². The van der Waals surface area contributed by atoms with Gasteiger partial charge in [0, 0.05) is 0 Å². The average molecular weight is 143 g/mol. The number of hydrogen-bond acceptors (Lipinski definition) is 2. The van der Waals surface area contributed by atoms with Crippen LogP contribution in [0.5, 0.6) is 0 Å². The fourth-order valence-electron chi connectivity index (χ4n) is 0.634. The molecule has 0 aliphatic carbocycles. The van der Waals surface area contributed by atoms with E-state index in [2.05, 4.69) is 0 Å². The maximum atomic E-state index is 5.36. The number of rotatable bonds is 5. The summed E-state index contributed by atoms with van der Waals surface area (Å²) in [7, 11) is 0. The topological polar surface area (TPSA) is 35.2 Å². The van der Waals surface area contributed by atoms with Crippen molar-refractivity contribution >= 4 is 0 Å². The van der Waals surface area contributed by atoms with E-state index in [0.29, 0.717) is 19.3 Å². The second-order valence-electron chi connectivity index (χ2n) is 2.29. The zero-order valence-corrected chi connectivity index (χ0v) is 6.84. The largest absolute Gasteiger partial charge is 0.374 e. The van der Waals surface area contributed by atoms with Gasteiger partial charge in [0.15, 0.2) is 0 Å². The highest BCUT2D eigenvalue weighted by atomic mass is 16.5. The number of allylic oxidation sites excluding steroid dienone is 1. The highest BCUT2D eigenvalue weighted by Crippen LogP contribution is 1.94. The van der Waals surface area contributed by atoms with Crippen molar-refractivity contribution in [3.05, 3.63) is 12.2 Å².